The number of allylic oxidation sites excluding steroid dienone is 1. The lowest BCUT2D eigenvalue weighted by Gasteiger charge is -1.68. The Morgan fingerprint density at radius 3 is 2.50 bits per heavy atom. The lowest BCUT2D eigenvalue weighted by molar-refractivity contribution is 1.46. The molecule has 0 bridgehead atoms. The van der Waals surface area contributed by atoms with Crippen molar-refractivity contribution >= 4 is 15.9 Å². The summed E-state index contributed by atoms with van der Waals surface area (Å²) in [6.45, 7) is 1.73. The highest BCUT2D eigenvalue weighted by Crippen LogP contribution is 1.91. The molecular formula is C4H4BrN. The highest BCUT2D eigenvalue weighted by Gasteiger charge is 1.72. The van der Waals surface area contributed by atoms with Crippen molar-refractivity contribution in [3.8, 4) is 6.07 Å². The number of hydrogen-bond acceptors (Lipinski definition) is 1. The van der Waals surface area contributed by atoms with Crippen molar-refractivity contribution in [3.05, 3.63) is 10.6 Å². The maximum atomic E-state index is 7.99. The molecule has 0 spiro atoms. The van der Waals surface area contributed by atoms with Gasteiger partial charge in [-0.25, -0.2) is 0 Å². The van der Waals surface area contributed by atoms with Crippen LogP contribution in [0.3, 0.4) is 0 Å². The molecule has 0 radical (unpaired) electrons. The van der Waals surface area contributed by atoms with Gasteiger partial charge in [0.05, 0.1) is 6.07 Å². The fraction of sp³-hybridized carbons (Fsp3) is 0.250. The minimum absolute atomic E-state index is 0.690. The van der Waals surface area contributed by atoms with E-state index < -0.39 is 0 Å². The van der Waals surface area contributed by atoms with Gasteiger partial charge in [0.25, 0.3) is 0 Å². The van der Waals surface area contributed by atoms with E-state index in [9.17, 15) is 0 Å². The first kappa shape index (κ1) is 5.71. The van der Waals surface area contributed by atoms with Crippen LogP contribution in [0.1, 0.15) is 6.92 Å². The summed E-state index contributed by atoms with van der Waals surface area (Å²) in [6, 6.07) is 1.93. The van der Waals surface area contributed by atoms with E-state index >= 15 is 0 Å². The molecule has 0 atom stereocenters. The van der Waals surface area contributed by atoms with Crippen molar-refractivity contribution in [2.45, 2.75) is 6.92 Å². The molecule has 0 N–H and O–H groups in total. The van der Waals surface area contributed by atoms with Gasteiger partial charge < -0.3 is 0 Å². The fourth-order valence-corrected chi connectivity index (χ4v) is 0.127. The van der Waals surface area contributed by atoms with Gasteiger partial charge in [-0.05, 0) is 11.9 Å². The summed E-state index contributed by atoms with van der Waals surface area (Å²) in [4.78, 5) is 1.59. The average molecular weight is 146 g/mol. The SMILES string of the molecule is C/C(C#N)=C/Br. The van der Waals surface area contributed by atoms with Crippen molar-refractivity contribution in [2.75, 3.05) is 0 Å². The molecule has 1 nitrogen and oxygen atoms in total. The quantitative estimate of drug-likeness (QED) is 0.478. The molecule has 2 heteroatoms. The molecule has 0 saturated carbocycles. The molecule has 0 rings (SSSR count). The molecule has 0 saturated heterocycles. The topological polar surface area (TPSA) is 23.8 Å². The van der Waals surface area contributed by atoms with Gasteiger partial charge in [0.1, 0.15) is 0 Å². The Balaban J connectivity index is 3.61. The zero-order chi connectivity index (χ0) is 4.99. The van der Waals surface area contributed by atoms with Crippen molar-refractivity contribution in [2.24, 2.45) is 0 Å². The highest BCUT2D eigenvalue weighted by molar-refractivity contribution is 9.11. The maximum absolute atomic E-state index is 7.99. The molecule has 0 aromatic carbocycles. The molecule has 0 aromatic heterocycles. The van der Waals surface area contributed by atoms with Crippen molar-refractivity contribution in [3.63, 3.8) is 0 Å². The van der Waals surface area contributed by atoms with Crippen LogP contribution in [-0.4, -0.2) is 0 Å². The number of halogens is 1. The second-order valence-electron chi connectivity index (χ2n) is 0.904. The summed E-state index contributed by atoms with van der Waals surface area (Å²) in [6.07, 6.45) is 0. The average Bonchev–Trinajstić information content (AvgIpc) is 1.65. The van der Waals surface area contributed by atoms with E-state index in [0.717, 1.165) is 0 Å². The lowest BCUT2D eigenvalue weighted by Crippen LogP contribution is -1.56. The molecular weight excluding hydrogens is 142 g/mol. The summed E-state index contributed by atoms with van der Waals surface area (Å²) in [5.74, 6) is 0. The molecule has 0 heterocycles. The first-order chi connectivity index (χ1) is 2.81. The van der Waals surface area contributed by atoms with Crippen LogP contribution in [0.25, 0.3) is 0 Å². The van der Waals surface area contributed by atoms with Crippen molar-refractivity contribution < 1.29 is 0 Å². The Bertz CT molecular complexity index is 98.6. The standard InChI is InChI=1S/C4H4BrN/c1-4(2-5)3-6/h2H,1H3/b4-2-. The third-order valence-electron chi connectivity index (χ3n) is 0.340. The fourth-order valence-electron chi connectivity index (χ4n) is 0.0244. The molecule has 0 aliphatic rings. The summed E-state index contributed by atoms with van der Waals surface area (Å²) >= 11 is 2.99. The van der Waals surface area contributed by atoms with E-state index in [1.54, 1.807) is 11.9 Å². The summed E-state index contributed by atoms with van der Waals surface area (Å²) < 4.78 is 0. The van der Waals surface area contributed by atoms with Crippen molar-refractivity contribution in [1.82, 2.24) is 0 Å². The molecule has 6 heavy (non-hydrogen) atoms. The minimum atomic E-state index is 0.690. The van der Waals surface area contributed by atoms with Gasteiger partial charge in [0.2, 0.25) is 0 Å². The smallest absolute Gasteiger partial charge is 0.0949 e. The summed E-state index contributed by atoms with van der Waals surface area (Å²) in [7, 11) is 0. The Morgan fingerprint density at radius 2 is 2.50 bits per heavy atom. The number of nitrogens with zero attached hydrogens (tertiary/aromatic N) is 1. The number of nitriles is 1. The van der Waals surface area contributed by atoms with Gasteiger partial charge in [-0.2, -0.15) is 5.26 Å². The first-order valence-electron chi connectivity index (χ1n) is 1.48. The third kappa shape index (κ3) is 1.98. The van der Waals surface area contributed by atoms with Gasteiger partial charge in [0.15, 0.2) is 0 Å². The van der Waals surface area contributed by atoms with Crippen LogP contribution >= 0.6 is 15.9 Å². The second kappa shape index (κ2) is 2.92. The van der Waals surface area contributed by atoms with E-state index in [1.165, 1.54) is 0 Å². The van der Waals surface area contributed by atoms with Gasteiger partial charge in [0, 0.05) is 5.57 Å². The number of hydrogen-bond donors (Lipinski definition) is 0. The van der Waals surface area contributed by atoms with Crippen LogP contribution in [0.4, 0.5) is 0 Å². The van der Waals surface area contributed by atoms with Crippen LogP contribution < -0.4 is 0 Å². The van der Waals surface area contributed by atoms with E-state index in [0.29, 0.717) is 5.57 Å². The monoisotopic (exact) mass is 145 g/mol. The van der Waals surface area contributed by atoms with E-state index in [-0.39, 0.29) is 0 Å². The zero-order valence-electron chi connectivity index (χ0n) is 3.40. The van der Waals surface area contributed by atoms with Gasteiger partial charge in [-0.3, -0.25) is 0 Å². The van der Waals surface area contributed by atoms with Gasteiger partial charge in [-0.1, -0.05) is 15.9 Å². The van der Waals surface area contributed by atoms with E-state index in [4.69, 9.17) is 5.26 Å². The van der Waals surface area contributed by atoms with Crippen LogP contribution in [0.15, 0.2) is 10.6 Å². The molecule has 0 unspecified atom stereocenters. The zero-order valence-corrected chi connectivity index (χ0v) is 4.99. The highest BCUT2D eigenvalue weighted by atomic mass is 79.9. The molecule has 32 valence electrons. The normalized spacial score (nSPS) is 10.5. The number of rotatable bonds is 0. The Hall–Kier alpha value is -0.290. The van der Waals surface area contributed by atoms with Crippen LogP contribution in [0.2, 0.25) is 0 Å². The Labute approximate surface area is 45.4 Å². The minimum Gasteiger partial charge on any atom is -0.193 e. The molecule has 0 aromatic rings. The Morgan fingerprint density at radius 1 is 2.00 bits per heavy atom. The van der Waals surface area contributed by atoms with Crippen LogP contribution in [0, 0.1) is 11.3 Å². The first-order valence-corrected chi connectivity index (χ1v) is 2.40. The second-order valence-corrected chi connectivity index (χ2v) is 1.36. The molecule has 0 aliphatic heterocycles. The predicted molar refractivity (Wildman–Crippen MR) is 28.3 cm³/mol. The van der Waals surface area contributed by atoms with Crippen LogP contribution in [0.5, 0.6) is 0 Å². The third-order valence-corrected chi connectivity index (χ3v) is 1.03. The molecule has 0 fully saturated rings. The lowest BCUT2D eigenvalue weighted by atomic mass is 10.4. The van der Waals surface area contributed by atoms with E-state index in [2.05, 4.69) is 15.9 Å². The van der Waals surface area contributed by atoms with Crippen molar-refractivity contribution in [1.29, 1.82) is 5.26 Å². The van der Waals surface area contributed by atoms with Gasteiger partial charge in [-0.15, -0.1) is 0 Å². The van der Waals surface area contributed by atoms with E-state index in [1.807, 2.05) is 6.07 Å². The van der Waals surface area contributed by atoms with Crippen LogP contribution in [-0.2, 0) is 0 Å². The summed E-state index contributed by atoms with van der Waals surface area (Å²) in [5, 5.41) is 7.99. The maximum Gasteiger partial charge on any atom is 0.0949 e. The largest absolute Gasteiger partial charge is 0.193 e. The predicted octanol–water partition coefficient (Wildman–Crippen LogP) is 1.81. The Kier molecular flexibility index (Phi) is 2.78. The molecule has 0 aliphatic carbocycles. The molecule has 0 amide bonds. The summed E-state index contributed by atoms with van der Waals surface area (Å²) in [5.41, 5.74) is 0.690. The van der Waals surface area contributed by atoms with Gasteiger partial charge >= 0.3 is 0 Å².